The van der Waals surface area contributed by atoms with E-state index in [4.69, 9.17) is 15.2 Å². The highest BCUT2D eigenvalue weighted by Gasteiger charge is 2.00. The lowest BCUT2D eigenvalue weighted by molar-refractivity contribution is 0.328. The first kappa shape index (κ1) is 21.1. The number of guanidine groups is 1. The maximum absolute atomic E-state index is 5.87. The Morgan fingerprint density at radius 3 is 2.48 bits per heavy atom. The van der Waals surface area contributed by atoms with Crippen LogP contribution in [0.4, 0.5) is 5.69 Å². The van der Waals surface area contributed by atoms with E-state index in [1.54, 1.807) is 7.11 Å². The summed E-state index contributed by atoms with van der Waals surface area (Å²) in [5, 5.41) is 3.03. The quantitative estimate of drug-likeness (QED) is 0.284. The van der Waals surface area contributed by atoms with Crippen molar-refractivity contribution >= 4 is 35.6 Å². The fourth-order valence-corrected chi connectivity index (χ4v) is 2.17. The zero-order chi connectivity index (χ0) is 17.4. The van der Waals surface area contributed by atoms with Crippen LogP contribution in [0, 0.1) is 0 Å². The second-order valence-corrected chi connectivity index (χ2v) is 5.70. The molecule has 6 heteroatoms. The third kappa shape index (κ3) is 7.21. The maximum atomic E-state index is 5.87. The Balaban J connectivity index is 0.00000312. The summed E-state index contributed by atoms with van der Waals surface area (Å²) in [5.41, 5.74) is 8.00. The Labute approximate surface area is 166 Å². The monoisotopic (exact) mass is 455 g/mol. The summed E-state index contributed by atoms with van der Waals surface area (Å²) >= 11 is 0. The van der Waals surface area contributed by atoms with Gasteiger partial charge < -0.3 is 20.5 Å². The fourth-order valence-electron chi connectivity index (χ4n) is 2.17. The molecular weight excluding hydrogens is 429 g/mol. The van der Waals surface area contributed by atoms with E-state index in [0.717, 1.165) is 17.2 Å². The van der Waals surface area contributed by atoms with Crippen molar-refractivity contribution in [3.05, 3.63) is 54.1 Å². The zero-order valence-electron chi connectivity index (χ0n) is 14.9. The first-order valence-electron chi connectivity index (χ1n) is 8.02. The van der Waals surface area contributed by atoms with E-state index in [1.807, 2.05) is 36.4 Å². The van der Waals surface area contributed by atoms with Gasteiger partial charge in [-0.25, -0.2) is 4.99 Å². The number of halogens is 1. The molecule has 0 radical (unpaired) electrons. The number of anilines is 1. The topological polar surface area (TPSA) is 68.9 Å². The average molecular weight is 455 g/mol. The number of rotatable bonds is 7. The van der Waals surface area contributed by atoms with Gasteiger partial charge in [-0.1, -0.05) is 32.0 Å². The number of hydrogen-bond donors (Lipinski definition) is 2. The van der Waals surface area contributed by atoms with E-state index in [9.17, 15) is 0 Å². The van der Waals surface area contributed by atoms with Gasteiger partial charge in [0, 0.05) is 11.8 Å². The van der Waals surface area contributed by atoms with Crippen LogP contribution < -0.4 is 20.5 Å². The minimum absolute atomic E-state index is 0. The molecule has 2 aromatic carbocycles. The summed E-state index contributed by atoms with van der Waals surface area (Å²) in [4.78, 5) is 4.25. The molecule has 5 nitrogen and oxygen atoms in total. The molecule has 2 rings (SSSR count). The molecule has 0 saturated carbocycles. The zero-order valence-corrected chi connectivity index (χ0v) is 17.2. The standard InChI is InChI=1S/C19H25N3O2.HI/c1-14(2)15-7-9-17(10-8-15)24-12-11-21-19(20)22-16-5-4-6-18(13-16)23-3;/h4-10,13-14H,11-12H2,1-3H3,(H3,20,21,22);1H. The van der Waals surface area contributed by atoms with Crippen LogP contribution in [0.1, 0.15) is 25.3 Å². The molecule has 0 aliphatic rings. The number of hydrogen-bond acceptors (Lipinski definition) is 3. The van der Waals surface area contributed by atoms with E-state index >= 15 is 0 Å². The maximum Gasteiger partial charge on any atom is 0.193 e. The van der Waals surface area contributed by atoms with Crippen LogP contribution in [0.3, 0.4) is 0 Å². The van der Waals surface area contributed by atoms with E-state index < -0.39 is 0 Å². The van der Waals surface area contributed by atoms with Crippen LogP contribution in [0.2, 0.25) is 0 Å². The molecule has 0 atom stereocenters. The molecule has 0 amide bonds. The fraction of sp³-hybridized carbons (Fsp3) is 0.316. The first-order valence-corrected chi connectivity index (χ1v) is 8.02. The predicted molar refractivity (Wildman–Crippen MR) is 115 cm³/mol. The van der Waals surface area contributed by atoms with Gasteiger partial charge in [-0.05, 0) is 35.7 Å². The molecule has 0 spiro atoms. The molecule has 0 bridgehead atoms. The largest absolute Gasteiger partial charge is 0.497 e. The van der Waals surface area contributed by atoms with Gasteiger partial charge in [-0.2, -0.15) is 0 Å². The lowest BCUT2D eigenvalue weighted by Gasteiger charge is -2.09. The minimum Gasteiger partial charge on any atom is -0.497 e. The van der Waals surface area contributed by atoms with E-state index in [-0.39, 0.29) is 24.0 Å². The molecule has 2 aromatic rings. The Morgan fingerprint density at radius 2 is 1.84 bits per heavy atom. The van der Waals surface area contributed by atoms with E-state index in [2.05, 4.69) is 36.3 Å². The third-order valence-electron chi connectivity index (χ3n) is 3.53. The van der Waals surface area contributed by atoms with Crippen LogP contribution in [0.15, 0.2) is 53.5 Å². The molecule has 0 aliphatic carbocycles. The van der Waals surface area contributed by atoms with Gasteiger partial charge >= 0.3 is 0 Å². The Bertz CT molecular complexity index is 673. The molecule has 0 heterocycles. The number of ether oxygens (including phenoxy) is 2. The Kier molecular flexibility index (Phi) is 9.12. The van der Waals surface area contributed by atoms with E-state index in [0.29, 0.717) is 25.0 Å². The van der Waals surface area contributed by atoms with Gasteiger partial charge in [-0.3, -0.25) is 0 Å². The van der Waals surface area contributed by atoms with Crippen LogP contribution in [0.5, 0.6) is 11.5 Å². The molecule has 0 fully saturated rings. The van der Waals surface area contributed by atoms with Crippen molar-refractivity contribution in [2.24, 2.45) is 10.7 Å². The normalized spacial score (nSPS) is 11.0. The van der Waals surface area contributed by atoms with Gasteiger partial charge in [0.1, 0.15) is 18.1 Å². The lowest BCUT2D eigenvalue weighted by atomic mass is 10.0. The SMILES string of the molecule is COc1cccc(NC(N)=NCCOc2ccc(C(C)C)cc2)c1.I. The molecule has 136 valence electrons. The van der Waals surface area contributed by atoms with Crippen LogP contribution in [-0.4, -0.2) is 26.2 Å². The average Bonchev–Trinajstić information content (AvgIpc) is 2.59. The number of nitrogens with two attached hydrogens (primary N) is 1. The van der Waals surface area contributed by atoms with Crippen molar-refractivity contribution in [3.8, 4) is 11.5 Å². The summed E-state index contributed by atoms with van der Waals surface area (Å²) in [7, 11) is 1.63. The highest BCUT2D eigenvalue weighted by atomic mass is 127. The minimum atomic E-state index is 0. The first-order chi connectivity index (χ1) is 11.6. The second-order valence-electron chi connectivity index (χ2n) is 5.70. The number of methoxy groups -OCH3 is 1. The summed E-state index contributed by atoms with van der Waals surface area (Å²) in [5.74, 6) is 2.48. The Hall–Kier alpha value is -1.96. The van der Waals surface area contributed by atoms with Gasteiger partial charge in [0.05, 0.1) is 13.7 Å². The third-order valence-corrected chi connectivity index (χ3v) is 3.53. The number of nitrogens with one attached hydrogen (secondary N) is 1. The summed E-state index contributed by atoms with van der Waals surface area (Å²) in [6.07, 6.45) is 0. The number of nitrogens with zero attached hydrogens (tertiary/aromatic N) is 1. The van der Waals surface area contributed by atoms with Gasteiger partial charge in [-0.15, -0.1) is 24.0 Å². The van der Waals surface area contributed by atoms with Crippen molar-refractivity contribution in [2.75, 3.05) is 25.6 Å². The summed E-state index contributed by atoms with van der Waals surface area (Å²) < 4.78 is 10.8. The molecule has 0 aliphatic heterocycles. The Morgan fingerprint density at radius 1 is 1.12 bits per heavy atom. The molecule has 0 unspecified atom stereocenters. The van der Waals surface area contributed by atoms with Crippen molar-refractivity contribution < 1.29 is 9.47 Å². The smallest absolute Gasteiger partial charge is 0.193 e. The van der Waals surface area contributed by atoms with Gasteiger partial charge in [0.15, 0.2) is 5.96 Å². The lowest BCUT2D eigenvalue weighted by Crippen LogP contribution is -2.23. The highest BCUT2D eigenvalue weighted by molar-refractivity contribution is 14.0. The summed E-state index contributed by atoms with van der Waals surface area (Å²) in [6, 6.07) is 15.7. The second kappa shape index (κ2) is 10.8. The molecule has 0 saturated heterocycles. The van der Waals surface area contributed by atoms with E-state index in [1.165, 1.54) is 5.56 Å². The highest BCUT2D eigenvalue weighted by Crippen LogP contribution is 2.18. The van der Waals surface area contributed by atoms with Crippen molar-refractivity contribution in [1.29, 1.82) is 0 Å². The molecular formula is C19H26IN3O2. The number of aliphatic imine (C=N–C) groups is 1. The molecule has 25 heavy (non-hydrogen) atoms. The summed E-state index contributed by atoms with van der Waals surface area (Å²) in [6.45, 7) is 5.29. The van der Waals surface area contributed by atoms with Crippen LogP contribution in [0.25, 0.3) is 0 Å². The predicted octanol–water partition coefficient (Wildman–Crippen LogP) is 4.24. The molecule has 0 aromatic heterocycles. The van der Waals surface area contributed by atoms with Gasteiger partial charge in [0.2, 0.25) is 0 Å². The van der Waals surface area contributed by atoms with Crippen molar-refractivity contribution in [2.45, 2.75) is 19.8 Å². The van der Waals surface area contributed by atoms with Crippen LogP contribution in [-0.2, 0) is 0 Å². The van der Waals surface area contributed by atoms with Crippen molar-refractivity contribution in [3.63, 3.8) is 0 Å². The van der Waals surface area contributed by atoms with Gasteiger partial charge in [0.25, 0.3) is 0 Å². The van der Waals surface area contributed by atoms with Crippen molar-refractivity contribution in [1.82, 2.24) is 0 Å². The molecule has 3 N–H and O–H groups in total. The van der Waals surface area contributed by atoms with Crippen LogP contribution >= 0.6 is 24.0 Å². The number of benzene rings is 2.